The molecule has 0 amide bonds. The largest absolute Gasteiger partial charge is 0.310 e. The van der Waals surface area contributed by atoms with Crippen molar-refractivity contribution in [1.29, 1.82) is 0 Å². The van der Waals surface area contributed by atoms with E-state index in [0.717, 1.165) is 13.0 Å². The highest BCUT2D eigenvalue weighted by Gasteiger charge is 2.24. The maximum Gasteiger partial charge on any atom is 0.0322 e. The Morgan fingerprint density at radius 2 is 1.84 bits per heavy atom. The average Bonchev–Trinajstić information content (AvgIpc) is 2.37. The third-order valence-corrected chi connectivity index (χ3v) is 4.28. The van der Waals surface area contributed by atoms with E-state index in [-0.39, 0.29) is 0 Å². The van der Waals surface area contributed by atoms with Gasteiger partial charge in [-0.15, -0.1) is 0 Å². The monoisotopic (exact) mass is 261 g/mol. The molecule has 0 fully saturated rings. The highest BCUT2D eigenvalue weighted by molar-refractivity contribution is 5.26. The second-order valence-electron chi connectivity index (χ2n) is 6.71. The molecule has 19 heavy (non-hydrogen) atoms. The molecular formula is C18H31N. The minimum absolute atomic E-state index is 0.371. The van der Waals surface area contributed by atoms with Crippen LogP contribution < -0.4 is 5.32 Å². The van der Waals surface area contributed by atoms with Crippen molar-refractivity contribution in [2.24, 2.45) is 11.3 Å². The van der Waals surface area contributed by atoms with Crippen LogP contribution in [0.2, 0.25) is 0 Å². The molecule has 0 aliphatic rings. The van der Waals surface area contributed by atoms with E-state index >= 15 is 0 Å². The summed E-state index contributed by atoms with van der Waals surface area (Å²) in [6, 6.07) is 9.52. The van der Waals surface area contributed by atoms with Crippen molar-refractivity contribution >= 4 is 0 Å². The number of hydrogen-bond acceptors (Lipinski definition) is 1. The van der Waals surface area contributed by atoms with Crippen LogP contribution in [0.15, 0.2) is 24.3 Å². The van der Waals surface area contributed by atoms with E-state index in [4.69, 9.17) is 0 Å². The van der Waals surface area contributed by atoms with Crippen molar-refractivity contribution in [3.63, 3.8) is 0 Å². The second kappa shape index (κ2) is 7.09. The van der Waals surface area contributed by atoms with Crippen LogP contribution in [0, 0.1) is 11.3 Å². The summed E-state index contributed by atoms with van der Waals surface area (Å²) < 4.78 is 0. The van der Waals surface area contributed by atoms with Crippen LogP contribution in [0.4, 0.5) is 0 Å². The standard InChI is InChI=1S/C18H31N/c1-7-15-10-9-11-16(13-15)17(19-8-2)12-14(3)18(4,5)6/h9-11,13-14,17,19H,7-8,12H2,1-6H3. The number of benzene rings is 1. The van der Waals surface area contributed by atoms with Crippen LogP contribution in [0.3, 0.4) is 0 Å². The topological polar surface area (TPSA) is 12.0 Å². The molecule has 1 aromatic rings. The van der Waals surface area contributed by atoms with E-state index in [0.29, 0.717) is 17.4 Å². The van der Waals surface area contributed by atoms with Gasteiger partial charge in [0.15, 0.2) is 0 Å². The lowest BCUT2D eigenvalue weighted by molar-refractivity contribution is 0.224. The van der Waals surface area contributed by atoms with E-state index in [1.165, 1.54) is 17.5 Å². The van der Waals surface area contributed by atoms with Crippen molar-refractivity contribution in [2.45, 2.75) is 60.4 Å². The maximum absolute atomic E-state index is 3.65. The van der Waals surface area contributed by atoms with Crippen molar-refractivity contribution in [2.75, 3.05) is 6.54 Å². The predicted octanol–water partition coefficient (Wildman–Crippen LogP) is 4.97. The van der Waals surface area contributed by atoms with E-state index in [1.54, 1.807) is 0 Å². The molecule has 108 valence electrons. The molecule has 0 aliphatic heterocycles. The van der Waals surface area contributed by atoms with E-state index in [9.17, 15) is 0 Å². The maximum atomic E-state index is 3.65. The van der Waals surface area contributed by atoms with Crippen LogP contribution in [0.25, 0.3) is 0 Å². The summed E-state index contributed by atoms with van der Waals surface area (Å²) in [5, 5.41) is 3.65. The van der Waals surface area contributed by atoms with Gasteiger partial charge in [0, 0.05) is 6.04 Å². The van der Waals surface area contributed by atoms with E-state index in [1.807, 2.05) is 0 Å². The molecule has 0 spiro atoms. The lowest BCUT2D eigenvalue weighted by Crippen LogP contribution is -2.27. The first kappa shape index (κ1) is 16.2. The Bertz CT molecular complexity index is 376. The molecule has 2 atom stereocenters. The third kappa shape index (κ3) is 4.99. The van der Waals surface area contributed by atoms with Crippen molar-refractivity contribution in [3.8, 4) is 0 Å². The van der Waals surface area contributed by atoms with Gasteiger partial charge in [0.2, 0.25) is 0 Å². The molecule has 0 heterocycles. The van der Waals surface area contributed by atoms with Crippen LogP contribution >= 0.6 is 0 Å². The molecule has 0 radical (unpaired) electrons. The van der Waals surface area contributed by atoms with Gasteiger partial charge in [-0.25, -0.2) is 0 Å². The quantitative estimate of drug-likeness (QED) is 0.762. The molecule has 1 heteroatoms. The summed E-state index contributed by atoms with van der Waals surface area (Å²) in [5.41, 5.74) is 3.25. The highest BCUT2D eigenvalue weighted by atomic mass is 14.9. The van der Waals surface area contributed by atoms with Crippen LogP contribution in [-0.4, -0.2) is 6.54 Å². The predicted molar refractivity (Wildman–Crippen MR) is 85.5 cm³/mol. The zero-order valence-corrected chi connectivity index (χ0v) is 13.6. The fraction of sp³-hybridized carbons (Fsp3) is 0.667. The molecule has 0 aliphatic carbocycles. The number of hydrogen-bond donors (Lipinski definition) is 1. The Labute approximate surface area is 119 Å². The molecule has 0 aromatic heterocycles. The Morgan fingerprint density at radius 3 is 2.37 bits per heavy atom. The zero-order chi connectivity index (χ0) is 14.5. The van der Waals surface area contributed by atoms with Gasteiger partial charge in [-0.1, -0.05) is 65.8 Å². The summed E-state index contributed by atoms with van der Waals surface area (Å²) in [4.78, 5) is 0. The molecular weight excluding hydrogens is 230 g/mol. The highest BCUT2D eigenvalue weighted by Crippen LogP contribution is 2.33. The van der Waals surface area contributed by atoms with Gasteiger partial charge in [0.1, 0.15) is 0 Å². The first-order valence-electron chi connectivity index (χ1n) is 7.70. The van der Waals surface area contributed by atoms with Gasteiger partial charge in [-0.2, -0.15) is 0 Å². The van der Waals surface area contributed by atoms with Gasteiger partial charge >= 0.3 is 0 Å². The number of aryl methyl sites for hydroxylation is 1. The SMILES string of the molecule is CCNC(CC(C)C(C)(C)C)c1cccc(CC)c1. The van der Waals surface area contributed by atoms with Crippen molar-refractivity contribution in [1.82, 2.24) is 5.32 Å². The minimum atomic E-state index is 0.371. The van der Waals surface area contributed by atoms with Crippen molar-refractivity contribution < 1.29 is 0 Å². The normalized spacial score (nSPS) is 15.3. The Balaban J connectivity index is 2.87. The van der Waals surface area contributed by atoms with Gasteiger partial charge in [0.05, 0.1) is 0 Å². The molecule has 1 rings (SSSR count). The van der Waals surface area contributed by atoms with E-state index in [2.05, 4.69) is 71.1 Å². The molecule has 1 aromatic carbocycles. The van der Waals surface area contributed by atoms with Gasteiger partial charge in [-0.3, -0.25) is 0 Å². The Kier molecular flexibility index (Phi) is 6.06. The molecule has 0 saturated carbocycles. The fourth-order valence-electron chi connectivity index (χ4n) is 2.32. The smallest absolute Gasteiger partial charge is 0.0322 e. The number of nitrogens with one attached hydrogen (secondary N) is 1. The lowest BCUT2D eigenvalue weighted by Gasteiger charge is -2.31. The zero-order valence-electron chi connectivity index (χ0n) is 13.6. The van der Waals surface area contributed by atoms with Gasteiger partial charge < -0.3 is 5.32 Å². The molecule has 2 unspecified atom stereocenters. The molecule has 0 saturated heterocycles. The van der Waals surface area contributed by atoms with Gasteiger partial charge in [-0.05, 0) is 41.8 Å². The summed E-state index contributed by atoms with van der Waals surface area (Å²) in [5.74, 6) is 0.696. The Morgan fingerprint density at radius 1 is 1.16 bits per heavy atom. The summed E-state index contributed by atoms with van der Waals surface area (Å²) >= 11 is 0. The van der Waals surface area contributed by atoms with Crippen LogP contribution in [0.1, 0.15) is 65.1 Å². The van der Waals surface area contributed by atoms with Crippen molar-refractivity contribution in [3.05, 3.63) is 35.4 Å². The van der Waals surface area contributed by atoms with E-state index < -0.39 is 0 Å². The molecule has 0 bridgehead atoms. The second-order valence-corrected chi connectivity index (χ2v) is 6.71. The Hall–Kier alpha value is -0.820. The number of rotatable bonds is 6. The fourth-order valence-corrected chi connectivity index (χ4v) is 2.32. The van der Waals surface area contributed by atoms with Crippen LogP contribution in [0.5, 0.6) is 0 Å². The third-order valence-electron chi connectivity index (χ3n) is 4.28. The lowest BCUT2D eigenvalue weighted by atomic mass is 9.77. The molecule has 1 N–H and O–H groups in total. The minimum Gasteiger partial charge on any atom is -0.310 e. The van der Waals surface area contributed by atoms with Gasteiger partial charge in [0.25, 0.3) is 0 Å². The summed E-state index contributed by atoms with van der Waals surface area (Å²) in [7, 11) is 0. The average molecular weight is 261 g/mol. The summed E-state index contributed by atoms with van der Waals surface area (Å²) in [6.45, 7) is 14.8. The first-order valence-corrected chi connectivity index (χ1v) is 7.70. The molecule has 1 nitrogen and oxygen atoms in total. The van der Waals surface area contributed by atoms with Crippen LogP contribution in [-0.2, 0) is 6.42 Å². The first-order chi connectivity index (χ1) is 8.88. The summed E-state index contributed by atoms with van der Waals surface area (Å²) in [6.07, 6.45) is 2.31.